The molecular formula is C17H16Cl2N2O3. The molecule has 0 radical (unpaired) electrons. The van der Waals surface area contributed by atoms with Gasteiger partial charge in [0.1, 0.15) is 0 Å². The first kappa shape index (κ1) is 18.1. The van der Waals surface area contributed by atoms with Gasteiger partial charge in [-0.1, -0.05) is 36.2 Å². The van der Waals surface area contributed by atoms with Crippen molar-refractivity contribution >= 4 is 46.5 Å². The number of ether oxygens (including phenoxy) is 1. The number of amides is 1. The van der Waals surface area contributed by atoms with E-state index >= 15 is 0 Å². The van der Waals surface area contributed by atoms with E-state index in [-0.39, 0.29) is 5.56 Å². The maximum Gasteiger partial charge on any atom is 0.338 e. The zero-order chi connectivity index (χ0) is 17.7. The Hall–Kier alpha value is -2.24. The Balaban J connectivity index is 2.08. The van der Waals surface area contributed by atoms with Gasteiger partial charge in [-0.05, 0) is 42.8 Å². The lowest BCUT2D eigenvalue weighted by Crippen LogP contribution is -2.32. The second-order valence-corrected chi connectivity index (χ2v) is 5.88. The predicted molar refractivity (Wildman–Crippen MR) is 95.4 cm³/mol. The molecule has 0 saturated heterocycles. The van der Waals surface area contributed by atoms with Crippen LogP contribution >= 0.6 is 23.2 Å². The highest BCUT2D eigenvalue weighted by atomic mass is 35.5. The van der Waals surface area contributed by atoms with Crippen LogP contribution < -0.4 is 11.1 Å². The summed E-state index contributed by atoms with van der Waals surface area (Å²) in [7, 11) is 0. The normalized spacial score (nSPS) is 11.6. The molecule has 0 spiro atoms. The van der Waals surface area contributed by atoms with E-state index in [1.165, 1.54) is 12.1 Å². The zero-order valence-electron chi connectivity index (χ0n) is 12.9. The maximum atomic E-state index is 12.3. The van der Waals surface area contributed by atoms with E-state index in [0.29, 0.717) is 27.8 Å². The van der Waals surface area contributed by atoms with E-state index in [1.54, 1.807) is 37.3 Å². The fourth-order valence-electron chi connectivity index (χ4n) is 1.99. The molecule has 1 unspecified atom stereocenters. The molecule has 0 bridgehead atoms. The van der Waals surface area contributed by atoms with E-state index in [4.69, 9.17) is 33.7 Å². The van der Waals surface area contributed by atoms with Crippen LogP contribution in [0.4, 0.5) is 11.4 Å². The summed E-state index contributed by atoms with van der Waals surface area (Å²) in [6.45, 7) is 1.73. The Kier molecular flexibility index (Phi) is 6.06. The molecule has 1 amide bonds. The third-order valence-electron chi connectivity index (χ3n) is 3.22. The van der Waals surface area contributed by atoms with Crippen LogP contribution in [0.3, 0.4) is 0 Å². The van der Waals surface area contributed by atoms with Crippen molar-refractivity contribution in [1.29, 1.82) is 0 Å². The van der Waals surface area contributed by atoms with E-state index in [9.17, 15) is 9.59 Å². The smallest absolute Gasteiger partial charge is 0.338 e. The van der Waals surface area contributed by atoms with Crippen molar-refractivity contribution in [3.63, 3.8) is 0 Å². The number of benzene rings is 2. The molecule has 2 aromatic rings. The fourth-order valence-corrected chi connectivity index (χ4v) is 2.33. The van der Waals surface area contributed by atoms with Gasteiger partial charge in [0.15, 0.2) is 6.10 Å². The molecule has 0 heterocycles. The Bertz CT molecular complexity index is 765. The monoisotopic (exact) mass is 366 g/mol. The summed E-state index contributed by atoms with van der Waals surface area (Å²) in [5, 5.41) is 3.38. The van der Waals surface area contributed by atoms with Crippen molar-refractivity contribution in [3.8, 4) is 0 Å². The standard InChI is InChI=1S/C17H16Cl2N2O3/c1-2-15(24-17(23)10-4-3-5-12(20)8-10)16(22)21-14-9-11(18)6-7-13(14)19/h3-9,15H,2,20H2,1H3,(H,21,22). The number of anilines is 2. The second kappa shape index (κ2) is 8.04. The molecule has 2 rings (SSSR count). The van der Waals surface area contributed by atoms with Gasteiger partial charge in [0.25, 0.3) is 5.91 Å². The van der Waals surface area contributed by atoms with Crippen LogP contribution in [0.25, 0.3) is 0 Å². The summed E-state index contributed by atoms with van der Waals surface area (Å²) in [4.78, 5) is 24.5. The third-order valence-corrected chi connectivity index (χ3v) is 3.79. The van der Waals surface area contributed by atoms with Crippen LogP contribution in [0.5, 0.6) is 0 Å². The van der Waals surface area contributed by atoms with Gasteiger partial charge in [-0.2, -0.15) is 0 Å². The van der Waals surface area contributed by atoms with Gasteiger partial charge in [-0.25, -0.2) is 4.79 Å². The molecule has 1 atom stereocenters. The van der Waals surface area contributed by atoms with Crippen LogP contribution in [-0.4, -0.2) is 18.0 Å². The summed E-state index contributed by atoms with van der Waals surface area (Å²) >= 11 is 11.9. The van der Waals surface area contributed by atoms with E-state index in [2.05, 4.69) is 5.32 Å². The molecule has 24 heavy (non-hydrogen) atoms. The molecule has 2 aromatic carbocycles. The lowest BCUT2D eigenvalue weighted by atomic mass is 10.2. The summed E-state index contributed by atoms with van der Waals surface area (Å²) in [5.41, 5.74) is 6.71. The molecule has 126 valence electrons. The molecule has 0 aliphatic heterocycles. The Morgan fingerprint density at radius 2 is 1.96 bits per heavy atom. The maximum absolute atomic E-state index is 12.3. The van der Waals surface area contributed by atoms with Crippen molar-refractivity contribution in [2.24, 2.45) is 0 Å². The number of carbonyl (C=O) groups excluding carboxylic acids is 2. The first-order valence-electron chi connectivity index (χ1n) is 7.23. The largest absolute Gasteiger partial charge is 0.449 e. The number of esters is 1. The minimum Gasteiger partial charge on any atom is -0.449 e. The van der Waals surface area contributed by atoms with Crippen LogP contribution in [-0.2, 0) is 9.53 Å². The van der Waals surface area contributed by atoms with Crippen LogP contribution in [0.2, 0.25) is 10.0 Å². The lowest BCUT2D eigenvalue weighted by molar-refractivity contribution is -0.124. The van der Waals surface area contributed by atoms with Crippen LogP contribution in [0, 0.1) is 0 Å². The molecule has 0 saturated carbocycles. The average molecular weight is 367 g/mol. The minimum absolute atomic E-state index is 0.280. The van der Waals surface area contributed by atoms with Crippen molar-refractivity contribution in [2.45, 2.75) is 19.4 Å². The van der Waals surface area contributed by atoms with Gasteiger partial charge in [-0.3, -0.25) is 4.79 Å². The quantitative estimate of drug-likeness (QED) is 0.615. The number of nitrogen functional groups attached to an aromatic ring is 1. The van der Waals surface area contributed by atoms with Gasteiger partial charge >= 0.3 is 5.97 Å². The van der Waals surface area contributed by atoms with Crippen LogP contribution in [0.15, 0.2) is 42.5 Å². The Morgan fingerprint density at radius 1 is 1.21 bits per heavy atom. The predicted octanol–water partition coefficient (Wildman–Crippen LogP) is 4.15. The van der Waals surface area contributed by atoms with Gasteiger partial charge < -0.3 is 15.8 Å². The first-order chi connectivity index (χ1) is 11.4. The number of hydrogen-bond acceptors (Lipinski definition) is 4. The number of hydrogen-bond donors (Lipinski definition) is 2. The molecule has 5 nitrogen and oxygen atoms in total. The molecular weight excluding hydrogens is 351 g/mol. The van der Waals surface area contributed by atoms with Crippen molar-refractivity contribution in [2.75, 3.05) is 11.1 Å². The molecule has 3 N–H and O–H groups in total. The molecule has 0 fully saturated rings. The third kappa shape index (κ3) is 4.63. The number of halogens is 2. The van der Waals surface area contributed by atoms with E-state index in [1.807, 2.05) is 0 Å². The summed E-state index contributed by atoms with van der Waals surface area (Å²) in [6.07, 6.45) is -0.660. The second-order valence-electron chi connectivity index (χ2n) is 5.04. The van der Waals surface area contributed by atoms with Gasteiger partial charge in [0, 0.05) is 10.7 Å². The van der Waals surface area contributed by atoms with Crippen molar-refractivity contribution in [1.82, 2.24) is 0 Å². The van der Waals surface area contributed by atoms with Gasteiger partial charge in [0.05, 0.1) is 16.3 Å². The van der Waals surface area contributed by atoms with E-state index in [0.717, 1.165) is 0 Å². The molecule has 0 aromatic heterocycles. The molecule has 0 aliphatic rings. The topological polar surface area (TPSA) is 81.4 Å². The molecule has 0 aliphatic carbocycles. The average Bonchev–Trinajstić information content (AvgIpc) is 2.55. The van der Waals surface area contributed by atoms with Crippen LogP contribution in [0.1, 0.15) is 23.7 Å². The Labute approximate surface area is 149 Å². The summed E-state index contributed by atoms with van der Waals surface area (Å²) < 4.78 is 5.26. The number of rotatable bonds is 5. The highest BCUT2D eigenvalue weighted by Gasteiger charge is 2.23. The van der Waals surface area contributed by atoms with Crippen molar-refractivity contribution in [3.05, 3.63) is 58.1 Å². The fraction of sp³-hybridized carbons (Fsp3) is 0.176. The minimum atomic E-state index is -0.964. The summed E-state index contributed by atoms with van der Waals surface area (Å²) in [5.74, 6) is -1.11. The van der Waals surface area contributed by atoms with Gasteiger partial charge in [0.2, 0.25) is 0 Å². The van der Waals surface area contributed by atoms with Crippen molar-refractivity contribution < 1.29 is 14.3 Å². The first-order valence-corrected chi connectivity index (χ1v) is 7.98. The van der Waals surface area contributed by atoms with E-state index < -0.39 is 18.0 Å². The summed E-state index contributed by atoms with van der Waals surface area (Å²) in [6, 6.07) is 11.0. The number of nitrogens with one attached hydrogen (secondary N) is 1. The molecule has 7 heteroatoms. The zero-order valence-corrected chi connectivity index (χ0v) is 14.4. The van der Waals surface area contributed by atoms with Gasteiger partial charge in [-0.15, -0.1) is 0 Å². The SMILES string of the molecule is CCC(OC(=O)c1cccc(N)c1)C(=O)Nc1cc(Cl)ccc1Cl. The number of carbonyl (C=O) groups is 2. The Morgan fingerprint density at radius 3 is 2.62 bits per heavy atom. The lowest BCUT2D eigenvalue weighted by Gasteiger charge is -2.17. The highest BCUT2D eigenvalue weighted by molar-refractivity contribution is 6.35. The highest BCUT2D eigenvalue weighted by Crippen LogP contribution is 2.26. The number of nitrogens with two attached hydrogens (primary N) is 1.